The molecule has 1 heterocycles. The predicted molar refractivity (Wildman–Crippen MR) is 112 cm³/mol. The van der Waals surface area contributed by atoms with Crippen LogP contribution in [0.1, 0.15) is 31.4 Å². The normalized spacial score (nSPS) is 21.0. The number of hydrogen-bond donors (Lipinski definition) is 2. The first-order valence-corrected chi connectivity index (χ1v) is 9.71. The van der Waals surface area contributed by atoms with Gasteiger partial charge in [-0.2, -0.15) is 5.26 Å². The first-order chi connectivity index (χ1) is 14.3. The fourth-order valence-corrected chi connectivity index (χ4v) is 3.75. The Bertz CT molecular complexity index is 1040. The zero-order valence-electron chi connectivity index (χ0n) is 17.2. The molecule has 1 saturated heterocycles. The highest BCUT2D eigenvalue weighted by Gasteiger charge is 2.48. The summed E-state index contributed by atoms with van der Waals surface area (Å²) in [7, 11) is 1.51. The minimum Gasteiger partial charge on any atom is -0.466 e. The monoisotopic (exact) mass is 404 g/mol. The lowest BCUT2D eigenvalue weighted by Crippen LogP contribution is -2.64. The maximum atomic E-state index is 13.0. The molecule has 1 amide bonds. The van der Waals surface area contributed by atoms with Crippen molar-refractivity contribution in [3.05, 3.63) is 59.7 Å². The van der Waals surface area contributed by atoms with Crippen molar-refractivity contribution in [1.82, 2.24) is 10.2 Å². The summed E-state index contributed by atoms with van der Waals surface area (Å²) in [5.41, 5.74) is 2.09. The van der Waals surface area contributed by atoms with Crippen LogP contribution in [0.5, 0.6) is 0 Å². The molecule has 0 bridgehead atoms. The fourth-order valence-electron chi connectivity index (χ4n) is 3.75. The van der Waals surface area contributed by atoms with Crippen LogP contribution in [0, 0.1) is 22.7 Å². The van der Waals surface area contributed by atoms with Crippen LogP contribution in [0.25, 0.3) is 11.1 Å². The topological polar surface area (TPSA) is 106 Å². The molecule has 2 N–H and O–H groups in total. The van der Waals surface area contributed by atoms with E-state index in [1.165, 1.54) is 11.9 Å². The first kappa shape index (κ1) is 21.1. The van der Waals surface area contributed by atoms with Crippen LogP contribution in [-0.2, 0) is 19.9 Å². The van der Waals surface area contributed by atoms with Gasteiger partial charge in [0.2, 0.25) is 5.91 Å². The molecule has 154 valence electrons. The molecule has 0 aromatic heterocycles. The molecule has 0 saturated carbocycles. The average Bonchev–Trinajstić information content (AvgIpc) is 2.75. The van der Waals surface area contributed by atoms with E-state index >= 15 is 0 Å². The SMILES string of the molecule is CCOC(=O)C[C@H]1C(=O)N(C)C(=N)N[C@]1(C)c1cccc(-c2cccc(C#N)c2)c1. The molecular weight excluding hydrogens is 380 g/mol. The lowest BCUT2D eigenvalue weighted by molar-refractivity contribution is -0.150. The predicted octanol–water partition coefficient (Wildman–Crippen LogP) is 3.01. The summed E-state index contributed by atoms with van der Waals surface area (Å²) in [5.74, 6) is -1.54. The number of rotatable bonds is 5. The van der Waals surface area contributed by atoms with E-state index in [4.69, 9.17) is 10.1 Å². The highest BCUT2D eigenvalue weighted by molar-refractivity contribution is 6.01. The molecule has 30 heavy (non-hydrogen) atoms. The van der Waals surface area contributed by atoms with Crippen LogP contribution < -0.4 is 5.32 Å². The van der Waals surface area contributed by atoms with Gasteiger partial charge in [-0.25, -0.2) is 0 Å². The van der Waals surface area contributed by atoms with Gasteiger partial charge in [-0.1, -0.05) is 30.3 Å². The second-order valence-corrected chi connectivity index (χ2v) is 7.41. The molecule has 0 aliphatic carbocycles. The second kappa shape index (κ2) is 8.37. The molecule has 1 aliphatic heterocycles. The third kappa shape index (κ3) is 3.90. The van der Waals surface area contributed by atoms with E-state index in [0.29, 0.717) is 5.56 Å². The van der Waals surface area contributed by atoms with E-state index in [1.54, 1.807) is 19.1 Å². The van der Waals surface area contributed by atoms with Gasteiger partial charge < -0.3 is 10.1 Å². The fraction of sp³-hybridized carbons (Fsp3) is 0.304. The van der Waals surface area contributed by atoms with E-state index < -0.39 is 17.4 Å². The number of hydrogen-bond acceptors (Lipinski definition) is 5. The number of ether oxygens (including phenoxy) is 1. The Hall–Kier alpha value is -3.66. The Morgan fingerprint density at radius 1 is 1.27 bits per heavy atom. The van der Waals surface area contributed by atoms with Crippen molar-refractivity contribution in [3.8, 4) is 17.2 Å². The molecule has 7 nitrogen and oxygen atoms in total. The third-order valence-electron chi connectivity index (χ3n) is 5.50. The Morgan fingerprint density at radius 2 is 1.93 bits per heavy atom. The summed E-state index contributed by atoms with van der Waals surface area (Å²) in [6, 6.07) is 17.0. The molecule has 1 aliphatic rings. The second-order valence-electron chi connectivity index (χ2n) is 7.41. The zero-order chi connectivity index (χ0) is 21.9. The van der Waals surface area contributed by atoms with Crippen LogP contribution in [0.4, 0.5) is 0 Å². The average molecular weight is 404 g/mol. The zero-order valence-corrected chi connectivity index (χ0v) is 17.2. The maximum absolute atomic E-state index is 13.0. The standard InChI is InChI=1S/C23H24N4O3/c1-4-30-20(28)13-19-21(29)27(3)22(25)26-23(19,2)18-10-6-9-17(12-18)16-8-5-7-15(11-16)14-24/h5-12,19H,4,13H2,1-3H3,(H2,25,26)/t19-,23+/m0/s1. The molecule has 0 spiro atoms. The summed E-state index contributed by atoms with van der Waals surface area (Å²) >= 11 is 0. The number of carbonyl (C=O) groups excluding carboxylic acids is 2. The molecule has 0 radical (unpaired) electrons. The number of nitrogens with one attached hydrogen (secondary N) is 2. The van der Waals surface area contributed by atoms with Crippen LogP contribution in [-0.4, -0.2) is 36.4 Å². The number of amides is 1. The van der Waals surface area contributed by atoms with Gasteiger partial charge in [0.25, 0.3) is 0 Å². The molecule has 0 unspecified atom stereocenters. The van der Waals surface area contributed by atoms with E-state index in [9.17, 15) is 14.9 Å². The Balaban J connectivity index is 2.05. The van der Waals surface area contributed by atoms with Gasteiger partial charge >= 0.3 is 5.97 Å². The highest BCUT2D eigenvalue weighted by Crippen LogP contribution is 2.37. The van der Waals surface area contributed by atoms with Crippen LogP contribution in [0.2, 0.25) is 0 Å². The number of benzene rings is 2. The van der Waals surface area contributed by atoms with E-state index in [2.05, 4.69) is 11.4 Å². The van der Waals surface area contributed by atoms with Gasteiger partial charge in [0.15, 0.2) is 5.96 Å². The molecule has 2 aromatic rings. The highest BCUT2D eigenvalue weighted by atomic mass is 16.5. The van der Waals surface area contributed by atoms with Crippen molar-refractivity contribution in [2.75, 3.05) is 13.7 Å². The summed E-state index contributed by atoms with van der Waals surface area (Å²) in [6.07, 6.45) is -0.0953. The molecule has 2 aromatic carbocycles. The van der Waals surface area contributed by atoms with E-state index in [-0.39, 0.29) is 24.9 Å². The molecule has 3 rings (SSSR count). The van der Waals surface area contributed by atoms with Crippen molar-refractivity contribution in [3.63, 3.8) is 0 Å². The summed E-state index contributed by atoms with van der Waals surface area (Å²) in [5, 5.41) is 20.5. The maximum Gasteiger partial charge on any atom is 0.306 e. The molecular formula is C23H24N4O3. The number of carbonyl (C=O) groups is 2. The van der Waals surface area contributed by atoms with Gasteiger partial charge in [-0.3, -0.25) is 19.9 Å². The van der Waals surface area contributed by atoms with Gasteiger partial charge in [0.1, 0.15) is 0 Å². The third-order valence-corrected chi connectivity index (χ3v) is 5.50. The van der Waals surface area contributed by atoms with Crippen molar-refractivity contribution >= 4 is 17.8 Å². The molecule has 1 fully saturated rings. The van der Waals surface area contributed by atoms with Crippen LogP contribution in [0.3, 0.4) is 0 Å². The van der Waals surface area contributed by atoms with E-state index in [0.717, 1.165) is 16.7 Å². The summed E-state index contributed by atoms with van der Waals surface area (Å²) in [6.45, 7) is 3.78. The Kier molecular flexibility index (Phi) is 5.88. The smallest absolute Gasteiger partial charge is 0.306 e. The quantitative estimate of drug-likeness (QED) is 0.745. The van der Waals surface area contributed by atoms with Gasteiger partial charge in [0.05, 0.1) is 36.1 Å². The Labute approximate surface area is 175 Å². The van der Waals surface area contributed by atoms with Gasteiger partial charge in [-0.05, 0) is 48.7 Å². The van der Waals surface area contributed by atoms with Crippen molar-refractivity contribution in [2.45, 2.75) is 25.8 Å². The van der Waals surface area contributed by atoms with Crippen molar-refractivity contribution in [2.24, 2.45) is 5.92 Å². The minimum absolute atomic E-state index is 0.0283. The van der Waals surface area contributed by atoms with Crippen LogP contribution >= 0.6 is 0 Å². The van der Waals surface area contributed by atoms with Gasteiger partial charge in [0, 0.05) is 7.05 Å². The summed E-state index contributed by atoms with van der Waals surface area (Å²) in [4.78, 5) is 26.4. The van der Waals surface area contributed by atoms with Crippen LogP contribution in [0.15, 0.2) is 48.5 Å². The molecule has 2 atom stereocenters. The number of nitrogens with zero attached hydrogens (tertiary/aromatic N) is 2. The minimum atomic E-state index is -0.976. The first-order valence-electron chi connectivity index (χ1n) is 9.71. The number of guanidine groups is 1. The molecule has 7 heteroatoms. The Morgan fingerprint density at radius 3 is 2.60 bits per heavy atom. The summed E-state index contributed by atoms with van der Waals surface area (Å²) < 4.78 is 5.08. The van der Waals surface area contributed by atoms with Gasteiger partial charge in [-0.15, -0.1) is 0 Å². The lowest BCUT2D eigenvalue weighted by Gasteiger charge is -2.45. The van der Waals surface area contributed by atoms with E-state index in [1.807, 2.05) is 43.3 Å². The lowest BCUT2D eigenvalue weighted by atomic mass is 9.75. The number of nitriles is 1. The largest absolute Gasteiger partial charge is 0.466 e. The number of esters is 1. The van der Waals surface area contributed by atoms with Crippen molar-refractivity contribution < 1.29 is 14.3 Å². The van der Waals surface area contributed by atoms with Crippen molar-refractivity contribution in [1.29, 1.82) is 10.7 Å².